The fraction of sp³-hybridized carbons (Fsp3) is 0.471. The fourth-order valence-electron chi connectivity index (χ4n) is 2.86. The molecule has 0 radical (unpaired) electrons. The first-order valence-electron chi connectivity index (χ1n) is 7.87. The summed E-state index contributed by atoms with van der Waals surface area (Å²) in [6, 6.07) is 9.34. The molecule has 23 heavy (non-hydrogen) atoms. The second-order valence-corrected chi connectivity index (χ2v) is 5.90. The summed E-state index contributed by atoms with van der Waals surface area (Å²) in [5, 5.41) is 14.6. The molecule has 0 unspecified atom stereocenters. The molecular formula is C17H22N2O4. The van der Waals surface area contributed by atoms with E-state index in [0.717, 1.165) is 18.4 Å². The molecule has 1 aliphatic rings. The highest BCUT2D eigenvalue weighted by Gasteiger charge is 2.42. The van der Waals surface area contributed by atoms with Crippen LogP contribution in [0.4, 0.5) is 0 Å². The van der Waals surface area contributed by atoms with Gasteiger partial charge < -0.3 is 15.7 Å². The molecular weight excluding hydrogens is 296 g/mol. The van der Waals surface area contributed by atoms with Gasteiger partial charge in [-0.3, -0.25) is 9.59 Å². The molecule has 0 heterocycles. The standard InChI is InChI=1S/C17H22N2O4/c20-14(19-17(16(22)23)9-4-5-10-17)8-11-18-15(21)12-13-6-2-1-3-7-13/h1-3,6-7H,4-5,8-12H2,(H,18,21)(H,19,20)(H,22,23). The molecule has 1 aromatic rings. The average Bonchev–Trinajstić information content (AvgIpc) is 2.98. The zero-order valence-corrected chi connectivity index (χ0v) is 13.0. The van der Waals surface area contributed by atoms with Crippen LogP contribution in [0.5, 0.6) is 0 Å². The van der Waals surface area contributed by atoms with Crippen LogP contribution in [0.1, 0.15) is 37.7 Å². The number of hydrogen-bond donors (Lipinski definition) is 3. The van der Waals surface area contributed by atoms with Gasteiger partial charge in [-0.25, -0.2) is 4.79 Å². The number of aliphatic carboxylic acids is 1. The molecule has 0 spiro atoms. The number of nitrogens with one attached hydrogen (secondary N) is 2. The number of carbonyl (C=O) groups excluding carboxylic acids is 2. The zero-order valence-electron chi connectivity index (χ0n) is 13.0. The highest BCUT2D eigenvalue weighted by atomic mass is 16.4. The summed E-state index contributed by atoms with van der Waals surface area (Å²) >= 11 is 0. The maximum absolute atomic E-state index is 11.9. The van der Waals surface area contributed by atoms with Crippen molar-refractivity contribution in [2.24, 2.45) is 0 Å². The van der Waals surface area contributed by atoms with E-state index in [9.17, 15) is 19.5 Å². The Morgan fingerprint density at radius 2 is 1.70 bits per heavy atom. The molecule has 6 heteroatoms. The first-order chi connectivity index (χ1) is 11.0. The third-order valence-corrected chi connectivity index (χ3v) is 4.13. The van der Waals surface area contributed by atoms with E-state index in [2.05, 4.69) is 10.6 Å². The summed E-state index contributed by atoms with van der Waals surface area (Å²) < 4.78 is 0. The molecule has 1 saturated carbocycles. The monoisotopic (exact) mass is 318 g/mol. The van der Waals surface area contributed by atoms with Gasteiger partial charge >= 0.3 is 5.97 Å². The number of carbonyl (C=O) groups is 3. The lowest BCUT2D eigenvalue weighted by atomic mass is 9.97. The van der Waals surface area contributed by atoms with Crippen molar-refractivity contribution >= 4 is 17.8 Å². The third-order valence-electron chi connectivity index (χ3n) is 4.13. The Morgan fingerprint density at radius 1 is 1.04 bits per heavy atom. The molecule has 0 atom stereocenters. The molecule has 1 aromatic carbocycles. The highest BCUT2D eigenvalue weighted by molar-refractivity contribution is 5.87. The molecule has 0 saturated heterocycles. The van der Waals surface area contributed by atoms with Gasteiger partial charge in [0.2, 0.25) is 11.8 Å². The van der Waals surface area contributed by atoms with E-state index in [1.807, 2.05) is 30.3 Å². The van der Waals surface area contributed by atoms with E-state index in [0.29, 0.717) is 12.8 Å². The van der Waals surface area contributed by atoms with Gasteiger partial charge in [0.1, 0.15) is 5.54 Å². The molecule has 0 aliphatic heterocycles. The minimum Gasteiger partial charge on any atom is -0.480 e. The number of rotatable bonds is 7. The van der Waals surface area contributed by atoms with E-state index < -0.39 is 11.5 Å². The van der Waals surface area contributed by atoms with Crippen LogP contribution in [-0.4, -0.2) is 35.0 Å². The van der Waals surface area contributed by atoms with Crippen molar-refractivity contribution in [2.75, 3.05) is 6.54 Å². The van der Waals surface area contributed by atoms with Gasteiger partial charge in [-0.2, -0.15) is 0 Å². The van der Waals surface area contributed by atoms with Crippen LogP contribution >= 0.6 is 0 Å². The van der Waals surface area contributed by atoms with E-state index in [1.165, 1.54) is 0 Å². The molecule has 1 fully saturated rings. The topological polar surface area (TPSA) is 95.5 Å². The van der Waals surface area contributed by atoms with Crippen LogP contribution in [-0.2, 0) is 20.8 Å². The summed E-state index contributed by atoms with van der Waals surface area (Å²) in [5.41, 5.74) is -0.212. The fourth-order valence-corrected chi connectivity index (χ4v) is 2.86. The number of hydrogen-bond acceptors (Lipinski definition) is 3. The van der Waals surface area contributed by atoms with E-state index >= 15 is 0 Å². The zero-order chi connectivity index (χ0) is 16.7. The van der Waals surface area contributed by atoms with Crippen molar-refractivity contribution < 1.29 is 19.5 Å². The molecule has 124 valence electrons. The Hall–Kier alpha value is -2.37. The summed E-state index contributed by atoms with van der Waals surface area (Å²) in [4.78, 5) is 35.1. The molecule has 2 amide bonds. The van der Waals surface area contributed by atoms with Crippen molar-refractivity contribution in [1.82, 2.24) is 10.6 Å². The van der Waals surface area contributed by atoms with E-state index in [-0.39, 0.29) is 31.2 Å². The Labute approximate surface area is 135 Å². The molecule has 6 nitrogen and oxygen atoms in total. The molecule has 0 aromatic heterocycles. The number of benzene rings is 1. The Bertz CT molecular complexity index is 565. The Morgan fingerprint density at radius 3 is 2.30 bits per heavy atom. The van der Waals surface area contributed by atoms with Gasteiger partial charge in [-0.1, -0.05) is 43.2 Å². The van der Waals surface area contributed by atoms with Crippen LogP contribution < -0.4 is 10.6 Å². The summed E-state index contributed by atoms with van der Waals surface area (Å²) in [7, 11) is 0. The van der Waals surface area contributed by atoms with Gasteiger partial charge in [0, 0.05) is 13.0 Å². The van der Waals surface area contributed by atoms with E-state index in [4.69, 9.17) is 0 Å². The van der Waals surface area contributed by atoms with Gasteiger partial charge in [-0.05, 0) is 18.4 Å². The number of carboxylic acids is 1. The van der Waals surface area contributed by atoms with Crippen LogP contribution in [0.15, 0.2) is 30.3 Å². The lowest BCUT2D eigenvalue weighted by Crippen LogP contribution is -2.52. The summed E-state index contributed by atoms with van der Waals surface area (Å²) in [6.45, 7) is 0.202. The van der Waals surface area contributed by atoms with Crippen molar-refractivity contribution in [3.05, 3.63) is 35.9 Å². The lowest BCUT2D eigenvalue weighted by molar-refractivity contribution is -0.147. The Kier molecular flexibility index (Phi) is 5.73. The van der Waals surface area contributed by atoms with Crippen molar-refractivity contribution in [2.45, 2.75) is 44.1 Å². The molecule has 1 aliphatic carbocycles. The minimum absolute atomic E-state index is 0.0789. The molecule has 3 N–H and O–H groups in total. The number of amides is 2. The van der Waals surface area contributed by atoms with Crippen LogP contribution in [0.3, 0.4) is 0 Å². The maximum Gasteiger partial charge on any atom is 0.329 e. The minimum atomic E-state index is -1.12. The van der Waals surface area contributed by atoms with Gasteiger partial charge in [-0.15, -0.1) is 0 Å². The number of carboxylic acid groups (broad SMARTS) is 1. The lowest BCUT2D eigenvalue weighted by Gasteiger charge is -2.25. The summed E-state index contributed by atoms with van der Waals surface area (Å²) in [6.07, 6.45) is 2.89. The first kappa shape index (κ1) is 17.0. The molecule has 0 bridgehead atoms. The van der Waals surface area contributed by atoms with Gasteiger partial charge in [0.25, 0.3) is 0 Å². The summed E-state index contributed by atoms with van der Waals surface area (Å²) in [5.74, 6) is -1.47. The Balaban J connectivity index is 1.72. The second kappa shape index (κ2) is 7.76. The average molecular weight is 318 g/mol. The van der Waals surface area contributed by atoms with Crippen LogP contribution in [0, 0.1) is 0 Å². The molecule has 2 rings (SSSR count). The maximum atomic E-state index is 11.9. The normalized spacial score (nSPS) is 15.8. The predicted octanol–water partition coefficient (Wildman–Crippen LogP) is 1.25. The van der Waals surface area contributed by atoms with Gasteiger partial charge in [0.15, 0.2) is 0 Å². The second-order valence-electron chi connectivity index (χ2n) is 5.90. The van der Waals surface area contributed by atoms with Crippen molar-refractivity contribution in [3.8, 4) is 0 Å². The first-order valence-corrected chi connectivity index (χ1v) is 7.87. The van der Waals surface area contributed by atoms with E-state index in [1.54, 1.807) is 0 Å². The van der Waals surface area contributed by atoms with Crippen LogP contribution in [0.25, 0.3) is 0 Å². The largest absolute Gasteiger partial charge is 0.480 e. The predicted molar refractivity (Wildman–Crippen MR) is 84.8 cm³/mol. The van der Waals surface area contributed by atoms with Gasteiger partial charge in [0.05, 0.1) is 6.42 Å². The SMILES string of the molecule is O=C(Cc1ccccc1)NCCC(=O)NC1(C(=O)O)CCCC1. The van der Waals surface area contributed by atoms with Crippen LogP contribution in [0.2, 0.25) is 0 Å². The smallest absolute Gasteiger partial charge is 0.329 e. The third kappa shape index (κ3) is 4.81. The van der Waals surface area contributed by atoms with Crippen molar-refractivity contribution in [3.63, 3.8) is 0 Å². The quantitative estimate of drug-likeness (QED) is 0.705. The highest BCUT2D eigenvalue weighted by Crippen LogP contribution is 2.29. The van der Waals surface area contributed by atoms with Crippen molar-refractivity contribution in [1.29, 1.82) is 0 Å².